The molecule has 1 aromatic heterocycles. The Morgan fingerprint density at radius 1 is 1.00 bits per heavy atom. The summed E-state index contributed by atoms with van der Waals surface area (Å²) >= 11 is 5.34. The summed E-state index contributed by atoms with van der Waals surface area (Å²) in [6.07, 6.45) is 0. The molecule has 0 unspecified atom stereocenters. The number of para-hydroxylation sites is 1. The van der Waals surface area contributed by atoms with Gasteiger partial charge in [-0.05, 0) is 36.8 Å². The van der Waals surface area contributed by atoms with Crippen molar-refractivity contribution in [2.45, 2.75) is 6.92 Å². The lowest BCUT2D eigenvalue weighted by atomic mass is 9.99. The molecule has 20 heavy (non-hydrogen) atoms. The first-order valence-corrected chi connectivity index (χ1v) is 6.87. The van der Waals surface area contributed by atoms with Gasteiger partial charge in [0.1, 0.15) is 10.4 Å². The molecule has 0 spiro atoms. The summed E-state index contributed by atoms with van der Waals surface area (Å²) in [6.45, 7) is 2.08. The van der Waals surface area contributed by atoms with Gasteiger partial charge in [-0.15, -0.1) is 0 Å². The second-order valence-electron chi connectivity index (χ2n) is 4.80. The molecule has 2 aromatic carbocycles. The lowest BCUT2D eigenvalue weighted by Crippen LogP contribution is -1.91. The van der Waals surface area contributed by atoms with Crippen molar-refractivity contribution < 1.29 is 4.74 Å². The van der Waals surface area contributed by atoms with E-state index in [0.717, 1.165) is 32.4 Å². The zero-order chi connectivity index (χ0) is 14.1. The van der Waals surface area contributed by atoms with Crippen molar-refractivity contribution in [3.63, 3.8) is 0 Å². The normalized spacial score (nSPS) is 10.7. The van der Waals surface area contributed by atoms with Crippen molar-refractivity contribution in [3.05, 3.63) is 58.7 Å². The number of hydrogen-bond donors (Lipinski definition) is 1. The van der Waals surface area contributed by atoms with Gasteiger partial charge in [-0.3, -0.25) is 0 Å². The maximum absolute atomic E-state index is 5.50. The summed E-state index contributed by atoms with van der Waals surface area (Å²) in [5, 5.41) is 1.14. The fraction of sp³-hybridized carbons (Fsp3) is 0.118. The molecule has 0 aliphatic rings. The zero-order valence-electron chi connectivity index (χ0n) is 11.4. The van der Waals surface area contributed by atoms with Gasteiger partial charge in [-0.2, -0.15) is 0 Å². The van der Waals surface area contributed by atoms with Gasteiger partial charge in [0, 0.05) is 16.5 Å². The Hall–Kier alpha value is -2.13. The quantitative estimate of drug-likeness (QED) is 0.677. The third-order valence-electron chi connectivity index (χ3n) is 3.40. The van der Waals surface area contributed by atoms with Crippen molar-refractivity contribution in [2.24, 2.45) is 0 Å². The number of benzene rings is 2. The second kappa shape index (κ2) is 5.10. The molecule has 1 heterocycles. The minimum atomic E-state index is 0.724. The van der Waals surface area contributed by atoms with E-state index in [1.54, 1.807) is 7.11 Å². The van der Waals surface area contributed by atoms with Crippen LogP contribution < -0.4 is 4.74 Å². The molecule has 0 aliphatic carbocycles. The number of fused-ring (bicyclic) bond motifs is 1. The van der Waals surface area contributed by atoms with E-state index in [-0.39, 0.29) is 0 Å². The maximum atomic E-state index is 5.50. The zero-order valence-corrected chi connectivity index (χ0v) is 12.3. The average molecular weight is 281 g/mol. The fourth-order valence-corrected chi connectivity index (χ4v) is 2.69. The first-order chi connectivity index (χ1) is 9.69. The van der Waals surface area contributed by atoms with Gasteiger partial charge < -0.3 is 9.72 Å². The third-order valence-corrected chi connectivity index (χ3v) is 3.62. The molecule has 1 N–H and O–H groups in total. The lowest BCUT2D eigenvalue weighted by Gasteiger charge is -2.12. The van der Waals surface area contributed by atoms with E-state index in [1.807, 2.05) is 36.4 Å². The minimum absolute atomic E-state index is 0.724. The molecule has 0 bridgehead atoms. The van der Waals surface area contributed by atoms with Crippen molar-refractivity contribution in [2.75, 3.05) is 7.11 Å². The van der Waals surface area contributed by atoms with Gasteiger partial charge in [0.15, 0.2) is 0 Å². The molecule has 2 nitrogen and oxygen atoms in total. The average Bonchev–Trinajstić information content (AvgIpc) is 2.46. The van der Waals surface area contributed by atoms with Crippen molar-refractivity contribution in [1.29, 1.82) is 0 Å². The van der Waals surface area contributed by atoms with Gasteiger partial charge in [0.25, 0.3) is 0 Å². The minimum Gasteiger partial charge on any atom is -0.496 e. The van der Waals surface area contributed by atoms with E-state index in [1.165, 1.54) is 5.56 Å². The summed E-state index contributed by atoms with van der Waals surface area (Å²) in [5.41, 5.74) is 4.41. The molecule has 0 amide bonds. The van der Waals surface area contributed by atoms with E-state index >= 15 is 0 Å². The molecule has 100 valence electrons. The Morgan fingerprint density at radius 3 is 2.60 bits per heavy atom. The molecular weight excluding hydrogens is 266 g/mol. The molecule has 0 fully saturated rings. The highest BCUT2D eigenvalue weighted by molar-refractivity contribution is 7.71. The highest BCUT2D eigenvalue weighted by atomic mass is 32.1. The number of ether oxygens (including phenoxy) is 1. The number of aromatic nitrogens is 1. The van der Waals surface area contributed by atoms with Gasteiger partial charge in [0.05, 0.1) is 7.11 Å². The van der Waals surface area contributed by atoms with Crippen LogP contribution in [0.3, 0.4) is 0 Å². The molecule has 0 radical (unpaired) electrons. The number of pyridine rings is 1. The Labute approximate surface area is 123 Å². The number of hydrogen-bond acceptors (Lipinski definition) is 2. The Kier molecular flexibility index (Phi) is 3.28. The van der Waals surface area contributed by atoms with Crippen LogP contribution in [0.4, 0.5) is 0 Å². The van der Waals surface area contributed by atoms with E-state index < -0.39 is 0 Å². The van der Waals surface area contributed by atoms with E-state index in [0.29, 0.717) is 0 Å². The second-order valence-corrected chi connectivity index (χ2v) is 5.24. The smallest absolute Gasteiger partial charge is 0.126 e. The highest BCUT2D eigenvalue weighted by Crippen LogP contribution is 2.35. The number of nitrogens with one attached hydrogen (secondary N) is 1. The monoisotopic (exact) mass is 281 g/mol. The molecule has 3 rings (SSSR count). The first-order valence-electron chi connectivity index (χ1n) is 6.46. The Morgan fingerprint density at radius 2 is 1.80 bits per heavy atom. The third kappa shape index (κ3) is 2.21. The number of aryl methyl sites for hydroxylation is 1. The molecule has 3 aromatic rings. The number of aromatic amines is 1. The largest absolute Gasteiger partial charge is 0.496 e. The fourth-order valence-electron chi connectivity index (χ4n) is 2.46. The molecular formula is C17H15NOS. The van der Waals surface area contributed by atoms with Crippen LogP contribution >= 0.6 is 12.2 Å². The van der Waals surface area contributed by atoms with Crippen LogP contribution in [0.1, 0.15) is 5.56 Å². The molecule has 0 atom stereocenters. The first kappa shape index (κ1) is 12.9. The van der Waals surface area contributed by atoms with Gasteiger partial charge in [-0.1, -0.05) is 42.0 Å². The summed E-state index contributed by atoms with van der Waals surface area (Å²) in [6, 6.07) is 16.3. The van der Waals surface area contributed by atoms with Crippen LogP contribution in [0.15, 0.2) is 48.5 Å². The SMILES string of the molecule is COc1ccc(C)cc1-c1cc(=S)[nH]c2ccccc12. The summed E-state index contributed by atoms with van der Waals surface area (Å²) in [7, 11) is 1.69. The van der Waals surface area contributed by atoms with Crippen LogP contribution in [0, 0.1) is 11.6 Å². The lowest BCUT2D eigenvalue weighted by molar-refractivity contribution is 0.416. The maximum Gasteiger partial charge on any atom is 0.126 e. The Balaban J connectivity index is 2.40. The number of methoxy groups -OCH3 is 1. The van der Waals surface area contributed by atoms with Gasteiger partial charge >= 0.3 is 0 Å². The van der Waals surface area contributed by atoms with Crippen molar-refractivity contribution in [3.8, 4) is 16.9 Å². The molecule has 0 saturated heterocycles. The van der Waals surface area contributed by atoms with E-state index in [2.05, 4.69) is 24.0 Å². The highest BCUT2D eigenvalue weighted by Gasteiger charge is 2.10. The Bertz CT molecular complexity index is 836. The standard InChI is InChI=1S/C17H15NOS/c1-11-7-8-16(19-2)14(9-11)13-10-17(20)18-15-6-4-3-5-12(13)15/h3-10H,1-2H3,(H,18,20). The molecule has 0 aliphatic heterocycles. The van der Waals surface area contributed by atoms with Crippen LogP contribution in [0.5, 0.6) is 5.75 Å². The van der Waals surface area contributed by atoms with E-state index in [9.17, 15) is 0 Å². The number of H-pyrrole nitrogens is 1. The number of rotatable bonds is 2. The molecule has 3 heteroatoms. The predicted molar refractivity (Wildman–Crippen MR) is 85.9 cm³/mol. The summed E-state index contributed by atoms with van der Waals surface area (Å²) < 4.78 is 6.22. The van der Waals surface area contributed by atoms with Crippen LogP contribution in [0.2, 0.25) is 0 Å². The summed E-state index contributed by atoms with van der Waals surface area (Å²) in [4.78, 5) is 3.23. The predicted octanol–water partition coefficient (Wildman–Crippen LogP) is 4.88. The summed E-state index contributed by atoms with van der Waals surface area (Å²) in [5.74, 6) is 0.862. The van der Waals surface area contributed by atoms with Gasteiger partial charge in [0.2, 0.25) is 0 Å². The van der Waals surface area contributed by atoms with Crippen molar-refractivity contribution in [1.82, 2.24) is 4.98 Å². The van der Waals surface area contributed by atoms with Crippen LogP contribution in [-0.4, -0.2) is 12.1 Å². The van der Waals surface area contributed by atoms with Crippen LogP contribution in [0.25, 0.3) is 22.0 Å². The van der Waals surface area contributed by atoms with E-state index in [4.69, 9.17) is 17.0 Å². The topological polar surface area (TPSA) is 25.0 Å². The van der Waals surface area contributed by atoms with Gasteiger partial charge in [-0.25, -0.2) is 0 Å². The van der Waals surface area contributed by atoms with Crippen LogP contribution in [-0.2, 0) is 0 Å². The van der Waals surface area contributed by atoms with Crippen molar-refractivity contribution >= 4 is 23.1 Å². The molecule has 0 saturated carbocycles.